The van der Waals surface area contributed by atoms with Crippen molar-refractivity contribution in [3.8, 4) is 0 Å². The summed E-state index contributed by atoms with van der Waals surface area (Å²) in [7, 11) is 0. The van der Waals surface area contributed by atoms with Crippen molar-refractivity contribution in [3.63, 3.8) is 0 Å². The summed E-state index contributed by atoms with van der Waals surface area (Å²) in [5.74, 6) is 0. The minimum absolute atomic E-state index is 0.0463. The molecule has 0 aliphatic carbocycles. The van der Waals surface area contributed by atoms with Crippen LogP contribution in [0.25, 0.3) is 0 Å². The highest BCUT2D eigenvalue weighted by molar-refractivity contribution is 6.30. The number of hydrogen-bond donors (Lipinski definition) is 2. The molecular weight excluding hydrogens is 178 g/mol. The molecule has 0 spiro atoms. The molecule has 0 radical (unpaired) electrons. The van der Waals surface area contributed by atoms with Gasteiger partial charge < -0.3 is 10.1 Å². The first-order valence-electron chi connectivity index (χ1n) is 3.89. The summed E-state index contributed by atoms with van der Waals surface area (Å²) >= 11 is 5.85. The zero-order valence-corrected chi connectivity index (χ0v) is 7.27. The maximum Gasteiger partial charge on any atom is 0.130 e. The number of ether oxygens (including phenoxy) is 1. The lowest BCUT2D eigenvalue weighted by Crippen LogP contribution is -2.33. The second-order valence-electron chi connectivity index (χ2n) is 2.70. The minimum atomic E-state index is 0.0463. The predicted molar refractivity (Wildman–Crippen MR) is 45.2 cm³/mol. The molecule has 12 heavy (non-hydrogen) atoms. The van der Waals surface area contributed by atoms with Crippen LogP contribution < -0.4 is 5.32 Å². The maximum atomic E-state index is 5.85. The number of halogens is 1. The molecule has 66 valence electrons. The van der Waals surface area contributed by atoms with Crippen LogP contribution in [0.2, 0.25) is 5.15 Å². The van der Waals surface area contributed by atoms with E-state index in [0.717, 1.165) is 25.3 Å². The summed E-state index contributed by atoms with van der Waals surface area (Å²) in [6.45, 7) is 2.44. The molecule has 0 amide bonds. The summed E-state index contributed by atoms with van der Waals surface area (Å²) in [5.41, 5.74) is 0.934. The Kier molecular flexibility index (Phi) is 2.30. The van der Waals surface area contributed by atoms with Gasteiger partial charge in [0.05, 0.1) is 18.9 Å². The number of H-pyrrole nitrogens is 1. The second-order valence-corrected chi connectivity index (χ2v) is 3.08. The van der Waals surface area contributed by atoms with Crippen LogP contribution in [0.1, 0.15) is 11.7 Å². The molecule has 1 aliphatic rings. The molecule has 1 aromatic rings. The van der Waals surface area contributed by atoms with Gasteiger partial charge in [0.2, 0.25) is 0 Å². The van der Waals surface area contributed by atoms with Crippen molar-refractivity contribution in [2.24, 2.45) is 0 Å². The average Bonchev–Trinajstić information content (AvgIpc) is 2.53. The molecule has 5 heteroatoms. The van der Waals surface area contributed by atoms with Crippen LogP contribution in [0.4, 0.5) is 0 Å². The Labute approximate surface area is 75.2 Å². The molecule has 1 fully saturated rings. The Morgan fingerprint density at radius 1 is 1.67 bits per heavy atom. The largest absolute Gasteiger partial charge is 0.371 e. The lowest BCUT2D eigenvalue weighted by Gasteiger charge is -2.22. The second kappa shape index (κ2) is 3.43. The highest BCUT2D eigenvalue weighted by atomic mass is 35.5. The number of aromatic amines is 1. The first-order chi connectivity index (χ1) is 5.88. The van der Waals surface area contributed by atoms with E-state index in [0.29, 0.717) is 5.15 Å². The van der Waals surface area contributed by atoms with Crippen molar-refractivity contribution in [2.75, 3.05) is 19.7 Å². The number of nitrogens with zero attached hydrogens (tertiary/aromatic N) is 1. The highest BCUT2D eigenvalue weighted by Crippen LogP contribution is 2.23. The molecule has 1 atom stereocenters. The van der Waals surface area contributed by atoms with Crippen LogP contribution in [0.5, 0.6) is 0 Å². The normalized spacial score (nSPS) is 24.2. The maximum absolute atomic E-state index is 5.85. The van der Waals surface area contributed by atoms with E-state index in [-0.39, 0.29) is 6.10 Å². The topological polar surface area (TPSA) is 49.9 Å². The van der Waals surface area contributed by atoms with Crippen molar-refractivity contribution in [1.29, 1.82) is 0 Å². The van der Waals surface area contributed by atoms with Crippen LogP contribution in [0, 0.1) is 0 Å². The Morgan fingerprint density at radius 2 is 2.58 bits per heavy atom. The number of aromatic nitrogens is 2. The van der Waals surface area contributed by atoms with E-state index in [1.54, 1.807) is 6.20 Å². The Balaban J connectivity index is 2.13. The molecule has 1 unspecified atom stereocenters. The minimum Gasteiger partial charge on any atom is -0.371 e. The fraction of sp³-hybridized carbons (Fsp3) is 0.571. The Morgan fingerprint density at radius 3 is 3.17 bits per heavy atom. The zero-order valence-electron chi connectivity index (χ0n) is 6.51. The van der Waals surface area contributed by atoms with Gasteiger partial charge in [0.1, 0.15) is 5.15 Å². The van der Waals surface area contributed by atoms with Crippen LogP contribution in [0.3, 0.4) is 0 Å². The number of rotatable bonds is 1. The van der Waals surface area contributed by atoms with Gasteiger partial charge in [-0.1, -0.05) is 11.6 Å². The molecule has 2 N–H and O–H groups in total. The average molecular weight is 188 g/mol. The standard InChI is InChI=1S/C7H10ClN3O/c8-7-5(3-10-11-7)6-4-9-1-2-12-6/h3,6,9H,1-2,4H2,(H,10,11). The van der Waals surface area contributed by atoms with Gasteiger partial charge in [0, 0.05) is 18.7 Å². The van der Waals surface area contributed by atoms with Crippen molar-refractivity contribution < 1.29 is 4.74 Å². The van der Waals surface area contributed by atoms with Crippen LogP contribution in [-0.2, 0) is 4.74 Å². The molecule has 1 aromatic heterocycles. The molecule has 1 saturated heterocycles. The smallest absolute Gasteiger partial charge is 0.130 e. The summed E-state index contributed by atoms with van der Waals surface area (Å²) in [5, 5.41) is 10.3. The van der Waals surface area contributed by atoms with Gasteiger partial charge >= 0.3 is 0 Å². The van der Waals surface area contributed by atoms with E-state index in [2.05, 4.69) is 15.5 Å². The van der Waals surface area contributed by atoms with E-state index in [1.165, 1.54) is 0 Å². The van der Waals surface area contributed by atoms with E-state index in [9.17, 15) is 0 Å². The summed E-state index contributed by atoms with van der Waals surface area (Å²) in [4.78, 5) is 0. The Bertz CT molecular complexity index is 257. The van der Waals surface area contributed by atoms with Crippen LogP contribution in [-0.4, -0.2) is 29.9 Å². The Hall–Kier alpha value is -0.580. The lowest BCUT2D eigenvalue weighted by atomic mass is 10.2. The van der Waals surface area contributed by atoms with Gasteiger partial charge in [0.15, 0.2) is 0 Å². The SMILES string of the molecule is Clc1[nH]ncc1C1CNCCO1. The molecule has 0 saturated carbocycles. The first-order valence-corrected chi connectivity index (χ1v) is 4.27. The van der Waals surface area contributed by atoms with Gasteiger partial charge in [0.25, 0.3) is 0 Å². The van der Waals surface area contributed by atoms with Crippen molar-refractivity contribution >= 4 is 11.6 Å². The molecule has 0 bridgehead atoms. The summed E-state index contributed by atoms with van der Waals surface area (Å²) < 4.78 is 5.50. The van der Waals surface area contributed by atoms with Crippen molar-refractivity contribution in [2.45, 2.75) is 6.10 Å². The molecule has 4 nitrogen and oxygen atoms in total. The third-order valence-electron chi connectivity index (χ3n) is 1.89. The lowest BCUT2D eigenvalue weighted by molar-refractivity contribution is 0.0278. The molecular formula is C7H10ClN3O. The first kappa shape index (κ1) is 8.04. The van der Waals surface area contributed by atoms with E-state index in [4.69, 9.17) is 16.3 Å². The van der Waals surface area contributed by atoms with E-state index < -0.39 is 0 Å². The van der Waals surface area contributed by atoms with Gasteiger partial charge in [-0.2, -0.15) is 5.10 Å². The van der Waals surface area contributed by atoms with Crippen LogP contribution in [0.15, 0.2) is 6.20 Å². The number of hydrogen-bond acceptors (Lipinski definition) is 3. The fourth-order valence-corrected chi connectivity index (χ4v) is 1.49. The molecule has 0 aromatic carbocycles. The van der Waals surface area contributed by atoms with Gasteiger partial charge in [-0.25, -0.2) is 0 Å². The van der Waals surface area contributed by atoms with Crippen molar-refractivity contribution in [3.05, 3.63) is 16.9 Å². The van der Waals surface area contributed by atoms with Gasteiger partial charge in [-0.05, 0) is 0 Å². The van der Waals surface area contributed by atoms with Crippen molar-refractivity contribution in [1.82, 2.24) is 15.5 Å². The quantitative estimate of drug-likeness (QED) is 0.682. The third kappa shape index (κ3) is 1.46. The van der Waals surface area contributed by atoms with E-state index >= 15 is 0 Å². The molecule has 2 heterocycles. The number of morpholine rings is 1. The van der Waals surface area contributed by atoms with Gasteiger partial charge in [-0.3, -0.25) is 5.10 Å². The fourth-order valence-electron chi connectivity index (χ4n) is 1.27. The van der Waals surface area contributed by atoms with Gasteiger partial charge in [-0.15, -0.1) is 0 Å². The van der Waals surface area contributed by atoms with E-state index in [1.807, 2.05) is 0 Å². The third-order valence-corrected chi connectivity index (χ3v) is 2.20. The zero-order chi connectivity index (χ0) is 8.39. The van der Waals surface area contributed by atoms with Crippen LogP contribution >= 0.6 is 11.6 Å². The molecule has 2 rings (SSSR count). The number of nitrogens with one attached hydrogen (secondary N) is 2. The monoisotopic (exact) mass is 187 g/mol. The predicted octanol–water partition coefficient (Wildman–Crippen LogP) is 0.724. The summed E-state index contributed by atoms with van der Waals surface area (Å²) in [6.07, 6.45) is 1.75. The molecule has 1 aliphatic heterocycles. The highest BCUT2D eigenvalue weighted by Gasteiger charge is 2.19. The summed E-state index contributed by atoms with van der Waals surface area (Å²) in [6, 6.07) is 0.